The molecule has 3 aliphatic rings. The number of imide groups is 1. The van der Waals surface area contributed by atoms with E-state index < -0.39 is 6.04 Å². The second-order valence-corrected chi connectivity index (χ2v) is 7.46. The van der Waals surface area contributed by atoms with Gasteiger partial charge in [0, 0.05) is 31.1 Å². The molecule has 7 heteroatoms. The minimum absolute atomic E-state index is 0.0983. The first-order valence-electron chi connectivity index (χ1n) is 9.26. The second-order valence-electron chi connectivity index (χ2n) is 7.46. The first kappa shape index (κ1) is 17.2. The lowest BCUT2D eigenvalue weighted by atomic mass is 10.0. The molecular weight excluding hydrogens is 332 g/mol. The zero-order valence-electron chi connectivity index (χ0n) is 14.7. The third kappa shape index (κ3) is 3.12. The van der Waals surface area contributed by atoms with Crippen molar-refractivity contribution in [1.29, 1.82) is 0 Å². The number of benzene rings is 1. The van der Waals surface area contributed by atoms with Gasteiger partial charge in [-0.25, -0.2) is 0 Å². The number of carbonyl (C=O) groups is 3. The molecule has 2 fully saturated rings. The summed E-state index contributed by atoms with van der Waals surface area (Å²) in [4.78, 5) is 40.6. The zero-order valence-corrected chi connectivity index (χ0v) is 14.7. The molecule has 0 bridgehead atoms. The molecule has 0 aliphatic carbocycles. The molecule has 1 aromatic rings. The van der Waals surface area contributed by atoms with Crippen molar-refractivity contribution >= 4 is 17.7 Å². The van der Waals surface area contributed by atoms with Crippen molar-refractivity contribution in [3.63, 3.8) is 0 Å². The summed E-state index contributed by atoms with van der Waals surface area (Å²) >= 11 is 0. The number of hydrogen-bond acceptors (Lipinski definition) is 5. The third-order valence-electron chi connectivity index (χ3n) is 5.66. The Labute approximate surface area is 152 Å². The molecule has 3 aliphatic heterocycles. The molecule has 4 rings (SSSR count). The molecular formula is C19H24N4O3. The Morgan fingerprint density at radius 3 is 2.62 bits per heavy atom. The molecule has 1 atom stereocenters. The number of rotatable bonds is 3. The summed E-state index contributed by atoms with van der Waals surface area (Å²) in [6.07, 6.45) is 2.62. The monoisotopic (exact) mass is 356 g/mol. The Kier molecular flexibility index (Phi) is 4.50. The maximum Gasteiger partial charge on any atom is 0.255 e. The summed E-state index contributed by atoms with van der Waals surface area (Å²) in [5.41, 5.74) is 8.68. The lowest BCUT2D eigenvalue weighted by Gasteiger charge is -2.31. The van der Waals surface area contributed by atoms with Crippen LogP contribution in [0.4, 0.5) is 0 Å². The Balaban J connectivity index is 1.53. The van der Waals surface area contributed by atoms with Crippen LogP contribution < -0.4 is 11.1 Å². The van der Waals surface area contributed by atoms with Crippen molar-refractivity contribution in [2.45, 2.75) is 50.9 Å². The summed E-state index contributed by atoms with van der Waals surface area (Å²) in [6.45, 7) is 3.04. The lowest BCUT2D eigenvalue weighted by Crippen LogP contribution is -2.52. The Bertz CT molecular complexity index is 755. The van der Waals surface area contributed by atoms with E-state index in [4.69, 9.17) is 5.73 Å². The fourth-order valence-corrected chi connectivity index (χ4v) is 4.17. The van der Waals surface area contributed by atoms with Crippen molar-refractivity contribution < 1.29 is 14.4 Å². The fourth-order valence-electron chi connectivity index (χ4n) is 4.17. The molecule has 138 valence electrons. The smallest absolute Gasteiger partial charge is 0.255 e. The zero-order chi connectivity index (χ0) is 18.3. The molecule has 0 saturated carbocycles. The van der Waals surface area contributed by atoms with Gasteiger partial charge in [-0.2, -0.15) is 0 Å². The highest BCUT2D eigenvalue weighted by molar-refractivity contribution is 6.05. The number of nitrogens with zero attached hydrogens (tertiary/aromatic N) is 2. The number of amides is 3. The molecule has 26 heavy (non-hydrogen) atoms. The van der Waals surface area contributed by atoms with Gasteiger partial charge in [0.15, 0.2) is 0 Å². The molecule has 1 unspecified atom stereocenters. The van der Waals surface area contributed by atoms with Gasteiger partial charge in [0.1, 0.15) is 6.04 Å². The molecule has 0 radical (unpaired) electrons. The number of fused-ring (bicyclic) bond motifs is 1. The van der Waals surface area contributed by atoms with Gasteiger partial charge in [-0.1, -0.05) is 18.2 Å². The van der Waals surface area contributed by atoms with Crippen LogP contribution in [0.5, 0.6) is 0 Å². The first-order chi connectivity index (χ1) is 12.5. The highest BCUT2D eigenvalue weighted by Gasteiger charge is 2.40. The van der Waals surface area contributed by atoms with E-state index in [1.165, 1.54) is 0 Å². The number of nitrogens with two attached hydrogens (primary N) is 1. The third-order valence-corrected chi connectivity index (χ3v) is 5.66. The Morgan fingerprint density at radius 2 is 1.88 bits per heavy atom. The molecule has 2 saturated heterocycles. The van der Waals surface area contributed by atoms with Crippen molar-refractivity contribution in [1.82, 2.24) is 15.1 Å². The summed E-state index contributed by atoms with van der Waals surface area (Å²) < 4.78 is 0. The molecule has 1 aromatic carbocycles. The van der Waals surface area contributed by atoms with Crippen LogP contribution in [0, 0.1) is 0 Å². The van der Waals surface area contributed by atoms with Crippen LogP contribution in [-0.2, 0) is 22.7 Å². The van der Waals surface area contributed by atoms with Crippen LogP contribution in [-0.4, -0.2) is 52.7 Å². The number of hydrogen-bond donors (Lipinski definition) is 2. The van der Waals surface area contributed by atoms with E-state index in [2.05, 4.69) is 10.2 Å². The molecule has 0 spiro atoms. The van der Waals surface area contributed by atoms with E-state index in [9.17, 15) is 14.4 Å². The molecule has 7 nitrogen and oxygen atoms in total. The van der Waals surface area contributed by atoms with Gasteiger partial charge < -0.3 is 10.6 Å². The Morgan fingerprint density at radius 1 is 1.12 bits per heavy atom. The highest BCUT2D eigenvalue weighted by Crippen LogP contribution is 2.30. The van der Waals surface area contributed by atoms with Gasteiger partial charge >= 0.3 is 0 Å². The van der Waals surface area contributed by atoms with Crippen molar-refractivity contribution in [2.24, 2.45) is 5.73 Å². The van der Waals surface area contributed by atoms with Crippen LogP contribution in [0.3, 0.4) is 0 Å². The maximum absolute atomic E-state index is 13.1. The predicted molar refractivity (Wildman–Crippen MR) is 95.0 cm³/mol. The largest absolute Gasteiger partial charge is 0.328 e. The van der Waals surface area contributed by atoms with Gasteiger partial charge in [0.2, 0.25) is 11.8 Å². The number of piperidine rings is 2. The van der Waals surface area contributed by atoms with Gasteiger partial charge in [0.25, 0.3) is 5.91 Å². The van der Waals surface area contributed by atoms with Crippen LogP contribution in [0.2, 0.25) is 0 Å². The van der Waals surface area contributed by atoms with Crippen LogP contribution in [0.15, 0.2) is 18.2 Å². The van der Waals surface area contributed by atoms with Gasteiger partial charge in [0.05, 0.1) is 0 Å². The lowest BCUT2D eigenvalue weighted by molar-refractivity contribution is -0.136. The molecule has 3 N–H and O–H groups in total. The van der Waals surface area contributed by atoms with Crippen molar-refractivity contribution in [2.75, 3.05) is 13.1 Å². The molecule has 0 aromatic heterocycles. The number of carbonyl (C=O) groups excluding carboxylic acids is 3. The average Bonchev–Trinajstić information content (AvgIpc) is 2.95. The average molecular weight is 356 g/mol. The van der Waals surface area contributed by atoms with Gasteiger partial charge in [-0.3, -0.25) is 24.6 Å². The minimum atomic E-state index is -0.562. The summed E-state index contributed by atoms with van der Waals surface area (Å²) in [5.74, 6) is -0.729. The first-order valence-corrected chi connectivity index (χ1v) is 9.26. The summed E-state index contributed by atoms with van der Waals surface area (Å²) in [5, 5.41) is 2.35. The fraction of sp³-hybridized carbons (Fsp3) is 0.526. The van der Waals surface area contributed by atoms with Crippen molar-refractivity contribution in [3.05, 3.63) is 34.9 Å². The topological polar surface area (TPSA) is 95.7 Å². The van der Waals surface area contributed by atoms with E-state index in [0.717, 1.165) is 49.2 Å². The minimum Gasteiger partial charge on any atom is -0.328 e. The highest BCUT2D eigenvalue weighted by atomic mass is 16.2. The quantitative estimate of drug-likeness (QED) is 0.763. The molecule has 3 heterocycles. The van der Waals surface area contributed by atoms with Crippen LogP contribution in [0.1, 0.15) is 47.2 Å². The van der Waals surface area contributed by atoms with Crippen LogP contribution >= 0.6 is 0 Å². The Hall–Kier alpha value is -2.25. The second kappa shape index (κ2) is 6.81. The normalized spacial score (nSPS) is 24.7. The van der Waals surface area contributed by atoms with E-state index in [-0.39, 0.29) is 30.2 Å². The van der Waals surface area contributed by atoms with Crippen LogP contribution in [0.25, 0.3) is 0 Å². The van der Waals surface area contributed by atoms with Gasteiger partial charge in [-0.15, -0.1) is 0 Å². The van der Waals surface area contributed by atoms with E-state index in [0.29, 0.717) is 13.0 Å². The molecule has 3 amide bonds. The summed E-state index contributed by atoms with van der Waals surface area (Å²) in [7, 11) is 0. The summed E-state index contributed by atoms with van der Waals surface area (Å²) in [6, 6.07) is 5.64. The number of nitrogens with one attached hydrogen (secondary N) is 1. The number of likely N-dealkylation sites (tertiary alicyclic amines) is 1. The van der Waals surface area contributed by atoms with E-state index >= 15 is 0 Å². The standard InChI is InChI=1S/C19H24N4O3/c20-14-6-8-22(9-7-14)10-12-2-1-3-13-11-23(19(26)17(12)13)15-4-5-16(24)21-18(15)25/h1-3,14-15H,4-11,20H2,(H,21,24,25). The van der Waals surface area contributed by atoms with Crippen molar-refractivity contribution in [3.8, 4) is 0 Å². The van der Waals surface area contributed by atoms with E-state index in [1.807, 2.05) is 18.2 Å². The van der Waals surface area contributed by atoms with E-state index in [1.54, 1.807) is 4.90 Å². The predicted octanol–water partition coefficient (Wildman–Crippen LogP) is 0.371. The SMILES string of the molecule is NC1CCN(Cc2cccc3c2C(=O)N(C2CCC(=O)NC2=O)C3)CC1. The van der Waals surface area contributed by atoms with Gasteiger partial charge in [-0.05, 0) is 43.5 Å². The maximum atomic E-state index is 13.1.